The molecule has 8 unspecified atom stereocenters. The minimum atomic E-state index is -0.145. The van der Waals surface area contributed by atoms with E-state index in [1.165, 1.54) is 13.4 Å². The molecule has 3 nitrogen and oxygen atoms in total. The summed E-state index contributed by atoms with van der Waals surface area (Å²) in [6.45, 7) is 0. The molecule has 5 aliphatic rings. The van der Waals surface area contributed by atoms with Crippen molar-refractivity contribution >= 4 is 12.3 Å². The molecule has 0 N–H and O–H groups in total. The summed E-state index contributed by atoms with van der Waals surface area (Å²) in [6, 6.07) is 0. The van der Waals surface area contributed by atoms with Gasteiger partial charge in [0.2, 0.25) is 0 Å². The average Bonchev–Trinajstić information content (AvgIpc) is 2.52. The van der Waals surface area contributed by atoms with Crippen LogP contribution in [0.15, 0.2) is 0 Å². The first-order valence-corrected chi connectivity index (χ1v) is 6.27. The molecule has 0 aliphatic heterocycles. The van der Waals surface area contributed by atoms with Gasteiger partial charge in [-0.1, -0.05) is 0 Å². The Balaban J connectivity index is 1.68. The Morgan fingerprint density at radius 3 is 2.69 bits per heavy atom. The second-order valence-electron chi connectivity index (χ2n) is 6.59. The van der Waals surface area contributed by atoms with E-state index in [1.807, 2.05) is 0 Å². The third kappa shape index (κ3) is 0.417. The second-order valence-corrected chi connectivity index (χ2v) is 6.59. The summed E-state index contributed by atoms with van der Waals surface area (Å²) in [5.41, 5.74) is -0.140. The normalized spacial score (nSPS) is 70.1. The predicted molar refractivity (Wildman–Crippen MR) is 53.1 cm³/mol. The van der Waals surface area contributed by atoms with Crippen LogP contribution in [-0.2, 0) is 14.3 Å². The van der Waals surface area contributed by atoms with Gasteiger partial charge in [-0.3, -0.25) is 4.79 Å². The molecule has 5 fully saturated rings. The Bertz CT molecular complexity index is 452. The van der Waals surface area contributed by atoms with E-state index in [9.17, 15) is 9.59 Å². The Hall–Kier alpha value is -0.860. The van der Waals surface area contributed by atoms with E-state index >= 15 is 0 Å². The standard InChI is InChI=1S/C13H14O3/c1-16-11(15)13-3-5-7-9-8(10(7)13)6(13)2-12(5,9)4-14/h4-10H,2-3H2,1H3. The van der Waals surface area contributed by atoms with Crippen LogP contribution >= 0.6 is 0 Å². The minimum absolute atomic E-state index is 0.00449. The summed E-state index contributed by atoms with van der Waals surface area (Å²) in [6.07, 6.45) is 3.17. The maximum atomic E-state index is 12.0. The van der Waals surface area contributed by atoms with Gasteiger partial charge < -0.3 is 9.53 Å². The van der Waals surface area contributed by atoms with Crippen LogP contribution in [0, 0.1) is 46.3 Å². The fourth-order valence-corrected chi connectivity index (χ4v) is 6.92. The summed E-state index contributed by atoms with van der Waals surface area (Å²) >= 11 is 0. The zero-order valence-corrected chi connectivity index (χ0v) is 9.18. The first-order valence-electron chi connectivity index (χ1n) is 6.27. The van der Waals surface area contributed by atoms with E-state index in [-0.39, 0.29) is 16.8 Å². The van der Waals surface area contributed by atoms with Crippen LogP contribution in [0.1, 0.15) is 12.8 Å². The Morgan fingerprint density at radius 1 is 1.25 bits per heavy atom. The molecule has 0 aromatic heterocycles. The van der Waals surface area contributed by atoms with Gasteiger partial charge in [-0.05, 0) is 48.3 Å². The van der Waals surface area contributed by atoms with E-state index in [4.69, 9.17) is 4.74 Å². The van der Waals surface area contributed by atoms with Crippen LogP contribution in [0.3, 0.4) is 0 Å². The van der Waals surface area contributed by atoms with E-state index in [1.54, 1.807) is 0 Å². The smallest absolute Gasteiger partial charge is 0.312 e. The first kappa shape index (κ1) is 8.26. The van der Waals surface area contributed by atoms with Gasteiger partial charge in [0.05, 0.1) is 12.5 Å². The lowest BCUT2D eigenvalue weighted by atomic mass is 9.33. The lowest BCUT2D eigenvalue weighted by Crippen LogP contribution is -2.70. The monoisotopic (exact) mass is 218 g/mol. The maximum Gasteiger partial charge on any atom is 0.312 e. The van der Waals surface area contributed by atoms with Crippen LogP contribution < -0.4 is 0 Å². The SMILES string of the molecule is COC(=O)C12CC3C4C5C(C1CC35C=O)C42. The lowest BCUT2D eigenvalue weighted by molar-refractivity contribution is -0.245. The molecule has 0 aromatic carbocycles. The fourth-order valence-electron chi connectivity index (χ4n) is 6.92. The molecule has 8 atom stereocenters. The van der Waals surface area contributed by atoms with Gasteiger partial charge in [0, 0.05) is 5.41 Å². The van der Waals surface area contributed by atoms with Gasteiger partial charge in [0.15, 0.2) is 0 Å². The molecule has 5 rings (SSSR count). The van der Waals surface area contributed by atoms with E-state index < -0.39 is 0 Å². The number of carbonyl (C=O) groups excluding carboxylic acids is 2. The highest BCUT2D eigenvalue weighted by atomic mass is 16.5. The molecular weight excluding hydrogens is 204 g/mol. The van der Waals surface area contributed by atoms with Crippen molar-refractivity contribution in [3.8, 4) is 0 Å². The van der Waals surface area contributed by atoms with Crippen LogP contribution in [0.5, 0.6) is 0 Å². The molecule has 0 aromatic rings. The quantitative estimate of drug-likeness (QED) is 0.510. The molecule has 84 valence electrons. The fraction of sp³-hybridized carbons (Fsp3) is 0.846. The number of hydrogen-bond donors (Lipinski definition) is 0. The third-order valence-electron chi connectivity index (χ3n) is 7.07. The highest BCUT2D eigenvalue weighted by molar-refractivity contribution is 5.84. The summed E-state index contributed by atoms with van der Waals surface area (Å²) in [5.74, 6) is 3.68. The Kier molecular flexibility index (Phi) is 0.965. The van der Waals surface area contributed by atoms with Crippen LogP contribution in [0.4, 0.5) is 0 Å². The summed E-state index contributed by atoms with van der Waals surface area (Å²) in [5, 5.41) is 0. The highest BCUT2D eigenvalue weighted by Gasteiger charge is 2.95. The molecule has 5 saturated carbocycles. The molecule has 0 saturated heterocycles. The van der Waals surface area contributed by atoms with Crippen molar-refractivity contribution in [1.82, 2.24) is 0 Å². The van der Waals surface area contributed by atoms with Crippen LogP contribution in [-0.4, -0.2) is 19.4 Å². The lowest BCUT2D eigenvalue weighted by Gasteiger charge is -2.69. The molecule has 5 aliphatic carbocycles. The zero-order chi connectivity index (χ0) is 10.9. The molecule has 0 spiro atoms. The minimum Gasteiger partial charge on any atom is -0.469 e. The van der Waals surface area contributed by atoms with Crippen molar-refractivity contribution < 1.29 is 14.3 Å². The molecule has 0 amide bonds. The molecular formula is C13H14O3. The predicted octanol–water partition coefficient (Wildman–Crippen LogP) is 0.876. The van der Waals surface area contributed by atoms with Crippen molar-refractivity contribution in [2.45, 2.75) is 12.8 Å². The van der Waals surface area contributed by atoms with Gasteiger partial charge >= 0.3 is 5.97 Å². The number of fused-ring (bicyclic) bond motifs is 2. The number of methoxy groups -OCH3 is 1. The number of carbonyl (C=O) groups is 2. The molecule has 0 radical (unpaired) electrons. The number of hydrogen-bond acceptors (Lipinski definition) is 3. The van der Waals surface area contributed by atoms with Gasteiger partial charge in [-0.25, -0.2) is 0 Å². The summed E-state index contributed by atoms with van der Waals surface area (Å²) in [4.78, 5) is 23.4. The van der Waals surface area contributed by atoms with E-state index in [0.29, 0.717) is 35.5 Å². The van der Waals surface area contributed by atoms with Gasteiger partial charge in [0.25, 0.3) is 0 Å². The average molecular weight is 218 g/mol. The highest BCUT2D eigenvalue weighted by Crippen LogP contribution is 2.96. The van der Waals surface area contributed by atoms with Gasteiger partial charge in [-0.2, -0.15) is 0 Å². The van der Waals surface area contributed by atoms with Gasteiger partial charge in [0.1, 0.15) is 6.29 Å². The van der Waals surface area contributed by atoms with Crippen molar-refractivity contribution in [3.63, 3.8) is 0 Å². The molecule has 3 heteroatoms. The van der Waals surface area contributed by atoms with Crippen molar-refractivity contribution in [2.24, 2.45) is 46.3 Å². The number of rotatable bonds is 2. The molecule has 0 heterocycles. The largest absolute Gasteiger partial charge is 0.469 e. The number of esters is 1. The van der Waals surface area contributed by atoms with Crippen molar-refractivity contribution in [3.05, 3.63) is 0 Å². The van der Waals surface area contributed by atoms with E-state index in [0.717, 1.165) is 12.8 Å². The van der Waals surface area contributed by atoms with E-state index in [2.05, 4.69) is 0 Å². The molecule has 16 heavy (non-hydrogen) atoms. The number of aldehydes is 1. The van der Waals surface area contributed by atoms with Crippen molar-refractivity contribution in [2.75, 3.05) is 7.11 Å². The maximum absolute atomic E-state index is 12.0. The Morgan fingerprint density at radius 2 is 2.00 bits per heavy atom. The topological polar surface area (TPSA) is 43.4 Å². The molecule has 0 bridgehead atoms. The first-order chi connectivity index (χ1) is 7.72. The van der Waals surface area contributed by atoms with Gasteiger partial charge in [-0.15, -0.1) is 0 Å². The third-order valence-corrected chi connectivity index (χ3v) is 7.07. The summed E-state index contributed by atoms with van der Waals surface area (Å²) < 4.78 is 5.03. The number of ether oxygens (including phenoxy) is 1. The van der Waals surface area contributed by atoms with Crippen LogP contribution in [0.25, 0.3) is 0 Å². The second kappa shape index (κ2) is 1.87. The van der Waals surface area contributed by atoms with Crippen molar-refractivity contribution in [1.29, 1.82) is 0 Å². The zero-order valence-electron chi connectivity index (χ0n) is 9.18. The van der Waals surface area contributed by atoms with Crippen LogP contribution in [0.2, 0.25) is 0 Å². The Labute approximate surface area is 93.5 Å². The summed E-state index contributed by atoms with van der Waals surface area (Å²) in [7, 11) is 1.51.